The maximum absolute atomic E-state index is 13.1. The molecule has 0 bridgehead atoms. The van der Waals surface area contributed by atoms with E-state index in [9.17, 15) is 58.8 Å². The van der Waals surface area contributed by atoms with E-state index in [1.165, 1.54) is 61.8 Å². The molecule has 0 radical (unpaired) electrons. The van der Waals surface area contributed by atoms with Gasteiger partial charge < -0.3 is 60.2 Å². The minimum absolute atomic E-state index is 0.500. The van der Waals surface area contributed by atoms with Crippen molar-refractivity contribution in [3.8, 4) is 0 Å². The van der Waals surface area contributed by atoms with Crippen molar-refractivity contribution in [3.05, 3.63) is 128 Å². The molecule has 0 aromatic rings. The topological polar surface area (TPSA) is 306 Å². The van der Waals surface area contributed by atoms with E-state index in [4.69, 9.17) is 23.3 Å². The maximum atomic E-state index is 13.1. The quantitative estimate of drug-likeness (QED) is 0.0202. The zero-order valence-electron chi connectivity index (χ0n) is 58.2. The SMILES string of the molecule is CC(=O)N[C@@H]1[C@H](O[C@H]2[C@H](O)[C@@H](NC(C)=O)[C@@H](OP(=O)(O)OP(=O)(O)OC/C=C(\C)CC/C=C(\C)CC/C=C(\C)CC/C=C(\C)CC/C=C(\C)CC/C=C(\C)CC/C=C(\C)CC/C=C(\C)CC/C=C(\C)CC/C=C(\C)CCC=C(C)C)O[C@@H]2CO)O[C@H](C(=O)O)[C@@H](O)[C@@H]1O. The van der Waals surface area contributed by atoms with Gasteiger partial charge in [-0.2, -0.15) is 4.31 Å². The summed E-state index contributed by atoms with van der Waals surface area (Å²) in [4.78, 5) is 56.9. The Hall–Kier alpha value is -4.47. The number of carbonyl (C=O) groups excluding carboxylic acids is 2. The van der Waals surface area contributed by atoms with Crippen molar-refractivity contribution in [2.45, 2.75) is 287 Å². The first-order valence-corrected chi connectivity index (χ1v) is 36.0. The molecule has 2 heterocycles. The van der Waals surface area contributed by atoms with Crippen LogP contribution in [-0.2, 0) is 51.1 Å². The van der Waals surface area contributed by atoms with Gasteiger partial charge in [0.2, 0.25) is 11.8 Å². The highest BCUT2D eigenvalue weighted by Gasteiger charge is 2.54. The fourth-order valence-corrected chi connectivity index (χ4v) is 12.6. The van der Waals surface area contributed by atoms with E-state index in [1.54, 1.807) is 6.92 Å². The maximum Gasteiger partial charge on any atom is 0.483 e. The van der Waals surface area contributed by atoms with Crippen LogP contribution in [0.25, 0.3) is 0 Å². The Morgan fingerprint density at radius 3 is 1.04 bits per heavy atom. The number of aliphatic carboxylic acids is 1. The van der Waals surface area contributed by atoms with Crippen molar-refractivity contribution >= 4 is 33.4 Å². The van der Waals surface area contributed by atoms with Crippen LogP contribution in [0.1, 0.15) is 225 Å². The first-order valence-electron chi connectivity index (χ1n) is 33.0. The number of aliphatic hydroxyl groups is 4. The number of carboxylic acid groups (broad SMARTS) is 1. The highest BCUT2D eigenvalue weighted by atomic mass is 31.3. The molecule has 2 unspecified atom stereocenters. The van der Waals surface area contributed by atoms with Crippen molar-refractivity contribution in [2.24, 2.45) is 0 Å². The van der Waals surface area contributed by atoms with Gasteiger partial charge in [0.05, 0.1) is 13.2 Å². The van der Waals surface area contributed by atoms with Crippen LogP contribution in [-0.4, -0.2) is 128 Å². The van der Waals surface area contributed by atoms with Gasteiger partial charge >= 0.3 is 21.6 Å². The van der Waals surface area contributed by atoms with Gasteiger partial charge in [-0.1, -0.05) is 128 Å². The molecule has 20 nitrogen and oxygen atoms in total. The molecule has 0 aromatic carbocycles. The largest absolute Gasteiger partial charge is 0.483 e. The zero-order valence-corrected chi connectivity index (χ0v) is 60.0. The standard InChI is InChI=1S/C71H116N2O18P2/c1-48(2)25-15-26-49(3)27-16-28-50(4)29-17-30-51(5)31-18-32-52(6)33-19-34-53(7)35-20-36-54(8)37-21-38-55(9)39-22-40-56(10)41-23-42-57(11)43-24-44-58(12)45-46-86-92(82,83)91-93(84,85)90-71-63(73-60(14)76)65(78)67(61(47-74)87-71)88-70-62(72-59(13)75)64(77)66(79)68(89-70)69(80)81/h25,27,29,31,33,35,37,39,41,43,45,61-68,70-71,74,77-79H,15-24,26,28,30,32,34,36,38,40,42,44,46-47H2,1-14H3,(H,72,75)(H,73,76)(H,80,81)(H,82,83)(H,84,85)/b49-27+,50-29+,51-31+,52-33+,53-35+,54-37+,55-39+,56-41+,57-43+,58-45+/t61-,62+,63-,64-,65-,66+,67-,68+,70-,71-/m1/s1. The van der Waals surface area contributed by atoms with Gasteiger partial charge in [-0.25, -0.2) is 13.9 Å². The van der Waals surface area contributed by atoms with Crippen LogP contribution in [0.15, 0.2) is 128 Å². The Bertz CT molecular complexity index is 2800. The van der Waals surface area contributed by atoms with Crippen LogP contribution in [0.2, 0.25) is 0 Å². The number of rotatable bonds is 43. The Morgan fingerprint density at radius 2 is 0.742 bits per heavy atom. The Balaban J connectivity index is 1.72. The predicted octanol–water partition coefficient (Wildman–Crippen LogP) is 14.5. The van der Waals surface area contributed by atoms with Gasteiger partial charge in [0.25, 0.3) is 0 Å². The first-order chi connectivity index (χ1) is 43.7. The molecule has 22 heteroatoms. The normalized spacial score (nSPS) is 24.9. The van der Waals surface area contributed by atoms with Gasteiger partial charge in [0, 0.05) is 13.8 Å². The summed E-state index contributed by atoms with van der Waals surface area (Å²) in [5.41, 5.74) is 15.1. The third-order valence-electron chi connectivity index (χ3n) is 16.2. The van der Waals surface area contributed by atoms with Gasteiger partial charge in [0.1, 0.15) is 42.6 Å². The van der Waals surface area contributed by atoms with Crippen molar-refractivity contribution in [2.75, 3.05) is 13.2 Å². The van der Waals surface area contributed by atoms with Gasteiger partial charge in [-0.3, -0.25) is 18.6 Å². The minimum atomic E-state index is -5.67. The minimum Gasteiger partial charge on any atom is -0.479 e. The molecule has 2 rings (SSSR count). The fourth-order valence-electron chi connectivity index (χ4n) is 10.5. The third-order valence-corrected chi connectivity index (χ3v) is 18.8. The van der Waals surface area contributed by atoms with Gasteiger partial charge in [-0.15, -0.1) is 0 Å². The summed E-state index contributed by atoms with van der Waals surface area (Å²) < 4.78 is 57.0. The summed E-state index contributed by atoms with van der Waals surface area (Å²) in [5.74, 6) is -3.36. The second-order valence-electron chi connectivity index (χ2n) is 25.6. The number of hydrogen-bond acceptors (Lipinski definition) is 15. The van der Waals surface area contributed by atoms with Crippen LogP contribution in [0.5, 0.6) is 0 Å². The van der Waals surface area contributed by atoms with E-state index in [2.05, 4.69) is 152 Å². The highest BCUT2D eigenvalue weighted by Crippen LogP contribution is 2.61. The average molecular weight is 1350 g/mol. The second-order valence-corrected chi connectivity index (χ2v) is 28.6. The lowest BCUT2D eigenvalue weighted by atomic mass is 9.94. The highest BCUT2D eigenvalue weighted by molar-refractivity contribution is 7.61. The summed E-state index contributed by atoms with van der Waals surface area (Å²) in [6.45, 7) is 26.7. The number of allylic oxidation sites excluding steroid dienone is 21. The number of amides is 2. The van der Waals surface area contributed by atoms with Crippen molar-refractivity contribution in [1.82, 2.24) is 10.6 Å². The number of carboxylic acids is 1. The molecular weight excluding hydrogens is 1230 g/mol. The molecule has 2 amide bonds. The molecule has 0 aromatic heterocycles. The number of ether oxygens (including phenoxy) is 3. The van der Waals surface area contributed by atoms with E-state index in [1.807, 2.05) is 0 Å². The lowest BCUT2D eigenvalue weighted by molar-refractivity contribution is -0.321. The lowest BCUT2D eigenvalue weighted by Gasteiger charge is -2.47. The average Bonchev–Trinajstić information content (AvgIpc) is 0.780. The Labute approximate surface area is 556 Å². The molecular formula is C71H116N2O18P2. The molecule has 2 saturated heterocycles. The number of phosphoric acid groups is 2. The molecule has 2 aliphatic heterocycles. The third kappa shape index (κ3) is 37.0. The Morgan fingerprint density at radius 1 is 0.430 bits per heavy atom. The molecule has 528 valence electrons. The second kappa shape index (κ2) is 45.1. The van der Waals surface area contributed by atoms with Gasteiger partial charge in [0.15, 0.2) is 18.7 Å². The van der Waals surface area contributed by atoms with Gasteiger partial charge in [-0.05, 0) is 212 Å². The Kier molecular flexibility index (Phi) is 41.0. The number of phosphoric ester groups is 2. The number of carbonyl (C=O) groups is 3. The summed E-state index contributed by atoms with van der Waals surface area (Å²) >= 11 is 0. The number of aliphatic hydroxyl groups excluding tert-OH is 4. The van der Waals surface area contributed by atoms with Crippen LogP contribution < -0.4 is 10.6 Å². The summed E-state index contributed by atoms with van der Waals surface area (Å²) in [7, 11) is -11.0. The van der Waals surface area contributed by atoms with E-state index in [-0.39, 0.29) is 0 Å². The zero-order chi connectivity index (χ0) is 69.8. The smallest absolute Gasteiger partial charge is 0.479 e. The van der Waals surface area contributed by atoms with Crippen LogP contribution >= 0.6 is 15.6 Å². The monoisotopic (exact) mass is 1350 g/mol. The molecule has 2 aliphatic rings. The molecule has 12 atom stereocenters. The van der Waals surface area contributed by atoms with Crippen LogP contribution in [0.3, 0.4) is 0 Å². The van der Waals surface area contributed by atoms with Crippen LogP contribution in [0.4, 0.5) is 0 Å². The van der Waals surface area contributed by atoms with Crippen molar-refractivity contribution in [3.63, 3.8) is 0 Å². The number of hydrogen-bond donors (Lipinski definition) is 9. The molecule has 0 aliphatic carbocycles. The summed E-state index contributed by atoms with van der Waals surface area (Å²) in [6, 6.07) is -3.50. The fraction of sp³-hybridized carbons (Fsp3) is 0.648. The van der Waals surface area contributed by atoms with E-state index >= 15 is 0 Å². The van der Waals surface area contributed by atoms with E-state index < -0.39 is 108 Å². The summed E-state index contributed by atoms with van der Waals surface area (Å²) in [6.07, 6.45) is 29.9. The molecule has 0 saturated carbocycles. The summed E-state index contributed by atoms with van der Waals surface area (Å²) in [5, 5.41) is 56.6. The first kappa shape index (κ1) is 84.6. The van der Waals surface area contributed by atoms with Crippen LogP contribution in [0, 0.1) is 0 Å². The molecule has 9 N–H and O–H groups in total. The molecule has 0 spiro atoms. The van der Waals surface area contributed by atoms with Crippen molar-refractivity contribution in [1.29, 1.82) is 0 Å². The lowest BCUT2D eigenvalue weighted by Crippen LogP contribution is -2.69. The van der Waals surface area contributed by atoms with E-state index in [0.717, 1.165) is 135 Å². The molecule has 2 fully saturated rings. The molecule has 93 heavy (non-hydrogen) atoms. The predicted molar refractivity (Wildman–Crippen MR) is 367 cm³/mol. The van der Waals surface area contributed by atoms with Crippen molar-refractivity contribution < 1.29 is 86.4 Å². The van der Waals surface area contributed by atoms with E-state index in [0.29, 0.717) is 12.8 Å². The number of nitrogens with one attached hydrogen (secondary N) is 2.